The third-order valence-corrected chi connectivity index (χ3v) is 6.80. The highest BCUT2D eigenvalue weighted by Gasteiger charge is 2.70. The zero-order chi connectivity index (χ0) is 16.0. The molecule has 0 bridgehead atoms. The number of benzene rings is 2. The topological polar surface area (TPSA) is 83.9 Å². The number of nitrogens with zero attached hydrogens (tertiary/aromatic N) is 1. The third kappa shape index (κ3) is 2.26. The first-order chi connectivity index (χ1) is 10.4. The smallest absolute Gasteiger partial charge is 0.184 e. The van der Waals surface area contributed by atoms with E-state index in [1.54, 1.807) is 30.3 Å². The van der Waals surface area contributed by atoms with Gasteiger partial charge in [-0.1, -0.05) is 46.3 Å². The maximum atomic E-state index is 12.8. The molecular weight excluding hydrogens is 364 g/mol. The van der Waals surface area contributed by atoms with Gasteiger partial charge in [-0.05, 0) is 29.8 Å². The molecule has 22 heavy (non-hydrogen) atoms. The van der Waals surface area contributed by atoms with Crippen LogP contribution in [0.15, 0.2) is 64.0 Å². The lowest BCUT2D eigenvalue weighted by atomic mass is 10.1. The molecular formula is C16H13BrN2O2S. The van der Waals surface area contributed by atoms with Gasteiger partial charge in [0.15, 0.2) is 9.84 Å². The minimum Gasteiger partial charge on any atom is -0.312 e. The predicted molar refractivity (Wildman–Crippen MR) is 86.8 cm³/mol. The summed E-state index contributed by atoms with van der Waals surface area (Å²) in [7, 11) is -3.65. The Morgan fingerprint density at radius 1 is 1.09 bits per heavy atom. The van der Waals surface area contributed by atoms with Gasteiger partial charge in [0, 0.05) is 10.4 Å². The Balaban J connectivity index is 2.04. The summed E-state index contributed by atoms with van der Waals surface area (Å²) in [5.41, 5.74) is 5.45. The molecule has 1 aliphatic rings. The quantitative estimate of drug-likeness (QED) is 0.891. The van der Waals surface area contributed by atoms with Crippen molar-refractivity contribution in [3.8, 4) is 6.07 Å². The Labute approximate surface area is 137 Å². The van der Waals surface area contributed by atoms with Gasteiger partial charge in [0.1, 0.15) is 10.8 Å². The number of halogens is 1. The van der Waals surface area contributed by atoms with E-state index in [0.29, 0.717) is 0 Å². The van der Waals surface area contributed by atoms with Crippen LogP contribution in [0.1, 0.15) is 11.5 Å². The summed E-state index contributed by atoms with van der Waals surface area (Å²) in [5, 5.41) is 8.46. The first kappa shape index (κ1) is 15.2. The minimum atomic E-state index is -3.65. The van der Waals surface area contributed by atoms with E-state index >= 15 is 0 Å². The Morgan fingerprint density at radius 2 is 1.68 bits per heavy atom. The van der Waals surface area contributed by atoms with Gasteiger partial charge in [-0.3, -0.25) is 0 Å². The molecule has 1 saturated carbocycles. The number of sulfone groups is 1. The zero-order valence-corrected chi connectivity index (χ0v) is 13.9. The maximum Gasteiger partial charge on any atom is 0.184 e. The average Bonchev–Trinajstić information content (AvgIpc) is 3.17. The van der Waals surface area contributed by atoms with Crippen LogP contribution in [0.25, 0.3) is 0 Å². The van der Waals surface area contributed by atoms with Crippen LogP contribution in [-0.4, -0.2) is 19.2 Å². The molecule has 0 radical (unpaired) electrons. The van der Waals surface area contributed by atoms with E-state index in [4.69, 9.17) is 5.73 Å². The van der Waals surface area contributed by atoms with E-state index in [-0.39, 0.29) is 4.90 Å². The largest absolute Gasteiger partial charge is 0.312 e. The molecule has 1 aliphatic carbocycles. The molecule has 0 spiro atoms. The van der Waals surface area contributed by atoms with E-state index in [1.165, 1.54) is 12.1 Å². The number of nitrogens with two attached hydrogens (primary N) is 1. The molecule has 3 rings (SSSR count). The Kier molecular flexibility index (Phi) is 3.60. The SMILES string of the molecule is N#C[C@@]1(N)[C@@H](c2ccc(Br)cc2)[C@@H]1S(=O)(=O)c1ccccc1. The van der Waals surface area contributed by atoms with Crippen LogP contribution in [0.5, 0.6) is 0 Å². The van der Waals surface area contributed by atoms with Crippen molar-refractivity contribution >= 4 is 25.8 Å². The predicted octanol–water partition coefficient (Wildman–Crippen LogP) is 2.61. The van der Waals surface area contributed by atoms with Crippen molar-refractivity contribution in [1.29, 1.82) is 5.26 Å². The second-order valence-corrected chi connectivity index (χ2v) is 8.34. The lowest BCUT2D eigenvalue weighted by molar-refractivity contribution is 0.592. The van der Waals surface area contributed by atoms with Crippen molar-refractivity contribution in [1.82, 2.24) is 0 Å². The maximum absolute atomic E-state index is 12.8. The lowest BCUT2D eigenvalue weighted by Gasteiger charge is -2.04. The summed E-state index contributed by atoms with van der Waals surface area (Å²) in [6.45, 7) is 0. The summed E-state index contributed by atoms with van der Waals surface area (Å²) in [5.74, 6) is -0.518. The third-order valence-electron chi connectivity index (χ3n) is 4.01. The lowest BCUT2D eigenvalue weighted by Crippen LogP contribution is -2.29. The van der Waals surface area contributed by atoms with E-state index in [1.807, 2.05) is 18.2 Å². The number of nitriles is 1. The van der Waals surface area contributed by atoms with Crippen LogP contribution in [0, 0.1) is 11.3 Å². The fraction of sp³-hybridized carbons (Fsp3) is 0.188. The Bertz CT molecular complexity index is 844. The Morgan fingerprint density at radius 3 is 2.23 bits per heavy atom. The normalized spacial score (nSPS) is 27.1. The molecule has 0 saturated heterocycles. The van der Waals surface area contributed by atoms with Crippen molar-refractivity contribution in [3.63, 3.8) is 0 Å². The molecule has 4 nitrogen and oxygen atoms in total. The van der Waals surface area contributed by atoms with Crippen LogP contribution < -0.4 is 5.73 Å². The number of rotatable bonds is 3. The van der Waals surface area contributed by atoms with Crippen molar-refractivity contribution in [2.24, 2.45) is 5.73 Å². The van der Waals surface area contributed by atoms with E-state index in [2.05, 4.69) is 15.9 Å². The summed E-state index contributed by atoms with van der Waals surface area (Å²) >= 11 is 3.34. The molecule has 2 aromatic rings. The fourth-order valence-corrected chi connectivity index (χ4v) is 5.29. The molecule has 0 heterocycles. The highest BCUT2D eigenvalue weighted by Crippen LogP contribution is 2.55. The van der Waals surface area contributed by atoms with Crippen molar-refractivity contribution in [3.05, 3.63) is 64.6 Å². The molecule has 2 N–H and O–H groups in total. The average molecular weight is 377 g/mol. The van der Waals surface area contributed by atoms with E-state index < -0.39 is 26.5 Å². The van der Waals surface area contributed by atoms with Crippen molar-refractivity contribution in [2.75, 3.05) is 0 Å². The van der Waals surface area contributed by atoms with Gasteiger partial charge in [0.05, 0.1) is 11.0 Å². The van der Waals surface area contributed by atoms with Gasteiger partial charge in [-0.2, -0.15) is 5.26 Å². The molecule has 0 aromatic heterocycles. The molecule has 0 aliphatic heterocycles. The van der Waals surface area contributed by atoms with E-state index in [9.17, 15) is 13.7 Å². The van der Waals surface area contributed by atoms with Crippen LogP contribution in [0.3, 0.4) is 0 Å². The van der Waals surface area contributed by atoms with Crippen LogP contribution in [0.4, 0.5) is 0 Å². The molecule has 2 aromatic carbocycles. The second kappa shape index (κ2) is 5.20. The van der Waals surface area contributed by atoms with E-state index in [0.717, 1.165) is 10.0 Å². The highest BCUT2D eigenvalue weighted by molar-refractivity contribution is 9.10. The van der Waals surface area contributed by atoms with Gasteiger partial charge >= 0.3 is 0 Å². The van der Waals surface area contributed by atoms with Gasteiger partial charge < -0.3 is 5.73 Å². The zero-order valence-electron chi connectivity index (χ0n) is 11.5. The Hall–Kier alpha value is -1.68. The van der Waals surface area contributed by atoms with Crippen LogP contribution >= 0.6 is 15.9 Å². The molecule has 6 heteroatoms. The fourth-order valence-electron chi connectivity index (χ4n) is 2.82. The van der Waals surface area contributed by atoms with Crippen molar-refractivity contribution < 1.29 is 8.42 Å². The first-order valence-corrected chi connectivity index (χ1v) is 9.00. The molecule has 112 valence electrons. The van der Waals surface area contributed by atoms with Gasteiger partial charge in [-0.15, -0.1) is 0 Å². The number of hydrogen-bond acceptors (Lipinski definition) is 4. The standard InChI is InChI=1S/C16H13BrN2O2S/c17-12-8-6-11(7-9-12)14-15(16(14,19)10-18)22(20,21)13-4-2-1-3-5-13/h1-9,14-15H,19H2/t14-,15-,16+/m0/s1. The molecule has 0 amide bonds. The molecule has 0 unspecified atom stereocenters. The van der Waals surface area contributed by atoms with Gasteiger partial charge in [-0.25, -0.2) is 8.42 Å². The van der Waals surface area contributed by atoms with Gasteiger partial charge in [0.25, 0.3) is 0 Å². The van der Waals surface area contributed by atoms with Crippen LogP contribution in [0.2, 0.25) is 0 Å². The summed E-state index contributed by atoms with van der Waals surface area (Å²) < 4.78 is 26.4. The molecule has 1 fully saturated rings. The van der Waals surface area contributed by atoms with Gasteiger partial charge in [0.2, 0.25) is 0 Å². The monoisotopic (exact) mass is 376 g/mol. The number of hydrogen-bond donors (Lipinski definition) is 1. The highest BCUT2D eigenvalue weighted by atomic mass is 79.9. The summed E-state index contributed by atoms with van der Waals surface area (Å²) in [6.07, 6.45) is 0. The summed E-state index contributed by atoms with van der Waals surface area (Å²) in [4.78, 5) is 0.199. The minimum absolute atomic E-state index is 0.199. The van der Waals surface area contributed by atoms with Crippen molar-refractivity contribution in [2.45, 2.75) is 21.6 Å². The second-order valence-electron chi connectivity index (χ2n) is 5.35. The van der Waals surface area contributed by atoms with Crippen LogP contribution in [-0.2, 0) is 9.84 Å². The first-order valence-electron chi connectivity index (χ1n) is 6.66. The summed E-state index contributed by atoms with van der Waals surface area (Å²) in [6, 6.07) is 17.4. The molecule has 3 atom stereocenters.